The van der Waals surface area contributed by atoms with E-state index in [0.29, 0.717) is 23.7 Å². The van der Waals surface area contributed by atoms with Crippen molar-refractivity contribution < 1.29 is 14.3 Å². The van der Waals surface area contributed by atoms with Gasteiger partial charge in [-0.05, 0) is 24.1 Å². The molecule has 1 atom stereocenters. The summed E-state index contributed by atoms with van der Waals surface area (Å²) in [7, 11) is 0. The third-order valence-electron chi connectivity index (χ3n) is 4.22. The number of aliphatic hydroxyl groups excluding tert-OH is 1. The van der Waals surface area contributed by atoms with E-state index in [2.05, 4.69) is 11.8 Å². The molecule has 1 aliphatic rings. The first-order chi connectivity index (χ1) is 10.5. The molecule has 0 spiro atoms. The Labute approximate surface area is 135 Å². The Bertz CT molecular complexity index is 515. The molecule has 1 unspecified atom stereocenters. The van der Waals surface area contributed by atoms with E-state index in [1.165, 1.54) is 12.1 Å². The second kappa shape index (κ2) is 7.90. The summed E-state index contributed by atoms with van der Waals surface area (Å²) in [6.45, 7) is 5.02. The Balaban J connectivity index is 1.90. The van der Waals surface area contributed by atoms with Crippen molar-refractivity contribution in [1.29, 1.82) is 0 Å². The molecule has 0 aliphatic carbocycles. The molecule has 2 rings (SSSR count). The van der Waals surface area contributed by atoms with Gasteiger partial charge in [-0.2, -0.15) is 0 Å². The lowest BCUT2D eigenvalue weighted by molar-refractivity contribution is -0.132. The maximum Gasteiger partial charge on any atom is 0.227 e. The summed E-state index contributed by atoms with van der Waals surface area (Å²) in [5, 5.41) is 9.62. The minimum atomic E-state index is -0.399. The summed E-state index contributed by atoms with van der Waals surface area (Å²) in [6, 6.07) is 4.28. The van der Waals surface area contributed by atoms with E-state index in [-0.39, 0.29) is 25.0 Å². The number of hydrogen-bond acceptors (Lipinski definition) is 3. The Hall–Kier alpha value is -1.17. The zero-order chi connectivity index (χ0) is 16.1. The monoisotopic (exact) mass is 328 g/mol. The normalized spacial score (nSPS) is 17.5. The highest BCUT2D eigenvalue weighted by Gasteiger charge is 2.25. The van der Waals surface area contributed by atoms with Crippen LogP contribution in [0.15, 0.2) is 18.2 Å². The van der Waals surface area contributed by atoms with E-state index in [1.807, 2.05) is 0 Å². The van der Waals surface area contributed by atoms with E-state index in [4.69, 9.17) is 11.6 Å². The first-order valence-corrected chi connectivity index (χ1v) is 7.99. The average molecular weight is 329 g/mol. The van der Waals surface area contributed by atoms with Gasteiger partial charge in [-0.1, -0.05) is 24.6 Å². The molecule has 1 amide bonds. The van der Waals surface area contributed by atoms with Gasteiger partial charge in [0.1, 0.15) is 5.82 Å². The van der Waals surface area contributed by atoms with Crippen molar-refractivity contribution in [2.24, 2.45) is 0 Å². The number of rotatable bonds is 5. The molecule has 1 aromatic carbocycles. The van der Waals surface area contributed by atoms with Gasteiger partial charge in [-0.3, -0.25) is 9.69 Å². The predicted octanol–water partition coefficient (Wildman–Crippen LogP) is 1.94. The second-order valence-corrected chi connectivity index (χ2v) is 5.98. The van der Waals surface area contributed by atoms with E-state index in [1.54, 1.807) is 11.0 Å². The molecular weight excluding hydrogens is 307 g/mol. The van der Waals surface area contributed by atoms with Crippen LogP contribution in [0.4, 0.5) is 4.39 Å². The van der Waals surface area contributed by atoms with Gasteiger partial charge in [0.2, 0.25) is 5.91 Å². The second-order valence-electron chi connectivity index (χ2n) is 5.57. The van der Waals surface area contributed by atoms with Gasteiger partial charge in [-0.25, -0.2) is 4.39 Å². The van der Waals surface area contributed by atoms with Crippen LogP contribution >= 0.6 is 11.6 Å². The lowest BCUT2D eigenvalue weighted by atomic mass is 10.1. The Morgan fingerprint density at radius 1 is 1.36 bits per heavy atom. The summed E-state index contributed by atoms with van der Waals surface area (Å²) in [6.07, 6.45) is 1.09. The minimum absolute atomic E-state index is 0.00482. The highest BCUT2D eigenvalue weighted by molar-refractivity contribution is 6.31. The molecule has 0 saturated carbocycles. The SMILES string of the molecule is CCC(CO)N1CCN(C(=O)Cc2ccc(F)cc2Cl)CC1. The number of carbonyl (C=O) groups excluding carboxylic acids is 1. The van der Waals surface area contributed by atoms with Gasteiger partial charge in [0, 0.05) is 37.2 Å². The van der Waals surface area contributed by atoms with E-state index in [0.717, 1.165) is 19.5 Å². The number of carbonyl (C=O) groups is 1. The summed E-state index contributed by atoms with van der Waals surface area (Å²) in [5.41, 5.74) is 0.650. The summed E-state index contributed by atoms with van der Waals surface area (Å²) >= 11 is 5.97. The van der Waals surface area contributed by atoms with Gasteiger partial charge in [0.25, 0.3) is 0 Å². The molecule has 4 nitrogen and oxygen atoms in total. The fourth-order valence-electron chi connectivity index (χ4n) is 2.78. The van der Waals surface area contributed by atoms with E-state index in [9.17, 15) is 14.3 Å². The lowest BCUT2D eigenvalue weighted by Crippen LogP contribution is -2.53. The molecule has 1 aliphatic heterocycles. The standard InChI is InChI=1S/C16H22ClFN2O2/c1-2-14(11-21)19-5-7-20(8-6-19)16(22)9-12-3-4-13(18)10-15(12)17/h3-4,10,14,21H,2,5-9,11H2,1H3. The zero-order valence-electron chi connectivity index (χ0n) is 12.8. The summed E-state index contributed by atoms with van der Waals surface area (Å²) in [4.78, 5) is 16.3. The topological polar surface area (TPSA) is 43.8 Å². The van der Waals surface area contributed by atoms with Crippen LogP contribution in [0.25, 0.3) is 0 Å². The summed E-state index contributed by atoms with van der Waals surface area (Å²) < 4.78 is 13.0. The third-order valence-corrected chi connectivity index (χ3v) is 4.57. The summed E-state index contributed by atoms with van der Waals surface area (Å²) in [5.74, 6) is -0.394. The van der Waals surface area contributed by atoms with E-state index >= 15 is 0 Å². The first kappa shape index (κ1) is 17.2. The van der Waals surface area contributed by atoms with Gasteiger partial charge < -0.3 is 10.0 Å². The van der Waals surface area contributed by atoms with Gasteiger partial charge >= 0.3 is 0 Å². The fourth-order valence-corrected chi connectivity index (χ4v) is 3.01. The molecule has 1 saturated heterocycles. The van der Waals surface area contributed by atoms with Crippen molar-refractivity contribution >= 4 is 17.5 Å². The Kier molecular flexibility index (Phi) is 6.17. The molecule has 122 valence electrons. The Morgan fingerprint density at radius 3 is 2.59 bits per heavy atom. The molecule has 1 aromatic rings. The number of amides is 1. The van der Waals surface area contributed by atoms with E-state index < -0.39 is 5.82 Å². The van der Waals surface area contributed by atoms with Gasteiger partial charge in [-0.15, -0.1) is 0 Å². The number of aliphatic hydroxyl groups is 1. The molecule has 1 N–H and O–H groups in total. The lowest BCUT2D eigenvalue weighted by Gasteiger charge is -2.38. The largest absolute Gasteiger partial charge is 0.395 e. The van der Waals surface area contributed by atoms with Crippen molar-refractivity contribution in [3.05, 3.63) is 34.6 Å². The van der Waals surface area contributed by atoms with Crippen molar-refractivity contribution in [3.63, 3.8) is 0 Å². The third kappa shape index (κ3) is 4.18. The quantitative estimate of drug-likeness (QED) is 0.898. The van der Waals surface area contributed by atoms with Crippen molar-refractivity contribution in [3.8, 4) is 0 Å². The molecule has 1 heterocycles. The van der Waals surface area contributed by atoms with Crippen LogP contribution in [0, 0.1) is 5.82 Å². The van der Waals surface area contributed by atoms with Crippen LogP contribution in [-0.4, -0.2) is 59.6 Å². The molecule has 0 aromatic heterocycles. The maximum atomic E-state index is 13.0. The smallest absolute Gasteiger partial charge is 0.227 e. The maximum absolute atomic E-state index is 13.0. The van der Waals surface area contributed by atoms with Crippen LogP contribution < -0.4 is 0 Å². The molecular formula is C16H22ClFN2O2. The predicted molar refractivity (Wildman–Crippen MR) is 84.4 cm³/mol. The van der Waals surface area contributed by atoms with Crippen molar-refractivity contribution in [1.82, 2.24) is 9.80 Å². The molecule has 0 bridgehead atoms. The molecule has 6 heteroatoms. The molecule has 1 fully saturated rings. The average Bonchev–Trinajstić information content (AvgIpc) is 2.52. The number of hydrogen-bond donors (Lipinski definition) is 1. The highest BCUT2D eigenvalue weighted by atomic mass is 35.5. The van der Waals surface area contributed by atoms with Crippen molar-refractivity contribution in [2.75, 3.05) is 32.8 Å². The van der Waals surface area contributed by atoms with Crippen LogP contribution in [-0.2, 0) is 11.2 Å². The van der Waals surface area contributed by atoms with Crippen LogP contribution in [0.3, 0.4) is 0 Å². The van der Waals surface area contributed by atoms with Gasteiger partial charge in [0.15, 0.2) is 0 Å². The number of halogens is 2. The molecule has 22 heavy (non-hydrogen) atoms. The zero-order valence-corrected chi connectivity index (χ0v) is 13.5. The van der Waals surface area contributed by atoms with Gasteiger partial charge in [0.05, 0.1) is 13.0 Å². The van der Waals surface area contributed by atoms with Crippen LogP contribution in [0.2, 0.25) is 5.02 Å². The number of benzene rings is 1. The number of piperazine rings is 1. The number of nitrogens with zero attached hydrogens (tertiary/aromatic N) is 2. The minimum Gasteiger partial charge on any atom is -0.395 e. The first-order valence-electron chi connectivity index (χ1n) is 7.61. The molecule has 0 radical (unpaired) electrons. The Morgan fingerprint density at radius 2 is 2.05 bits per heavy atom. The van der Waals surface area contributed by atoms with Crippen LogP contribution in [0.1, 0.15) is 18.9 Å². The van der Waals surface area contributed by atoms with Crippen LogP contribution in [0.5, 0.6) is 0 Å². The van der Waals surface area contributed by atoms with Crippen molar-refractivity contribution in [2.45, 2.75) is 25.8 Å². The fraction of sp³-hybridized carbons (Fsp3) is 0.562. The highest BCUT2D eigenvalue weighted by Crippen LogP contribution is 2.19.